The Morgan fingerprint density at radius 3 is 2.36 bits per heavy atom. The van der Waals surface area contributed by atoms with Gasteiger partial charge < -0.3 is 5.32 Å². The molecule has 2 fully saturated rings. The number of hydrogen-bond donors (Lipinski definition) is 1. The van der Waals surface area contributed by atoms with Crippen molar-refractivity contribution in [3.8, 4) is 6.07 Å². The molecule has 25 heavy (non-hydrogen) atoms. The molecule has 136 valence electrons. The second kappa shape index (κ2) is 6.46. The Bertz CT molecular complexity index is 792. The van der Waals surface area contributed by atoms with Crippen molar-refractivity contribution < 1.29 is 21.6 Å². The van der Waals surface area contributed by atoms with E-state index in [-0.39, 0.29) is 22.7 Å². The molecular formula is C15H17F3N4O2S. The summed E-state index contributed by atoms with van der Waals surface area (Å²) < 4.78 is 64.2. The van der Waals surface area contributed by atoms with Gasteiger partial charge in [0.2, 0.25) is 10.0 Å². The molecule has 1 aromatic rings. The van der Waals surface area contributed by atoms with E-state index in [2.05, 4.69) is 10.3 Å². The molecule has 1 aliphatic carbocycles. The van der Waals surface area contributed by atoms with Gasteiger partial charge in [-0.3, -0.25) is 0 Å². The van der Waals surface area contributed by atoms with E-state index in [1.54, 1.807) is 0 Å². The highest BCUT2D eigenvalue weighted by Gasteiger charge is 2.41. The number of anilines is 1. The highest BCUT2D eigenvalue weighted by Crippen LogP contribution is 2.33. The van der Waals surface area contributed by atoms with Crippen LogP contribution in [0.3, 0.4) is 0 Å². The molecule has 2 aliphatic rings. The summed E-state index contributed by atoms with van der Waals surface area (Å²) in [6.07, 6.45) is -2.30. The first-order valence-electron chi connectivity index (χ1n) is 7.95. The van der Waals surface area contributed by atoms with Crippen molar-refractivity contribution in [1.82, 2.24) is 9.29 Å². The van der Waals surface area contributed by atoms with Crippen molar-refractivity contribution >= 4 is 15.8 Å². The molecule has 0 atom stereocenters. The number of pyridine rings is 1. The molecule has 0 spiro atoms. The predicted octanol–water partition coefficient (Wildman–Crippen LogP) is 2.34. The van der Waals surface area contributed by atoms with Gasteiger partial charge in [0.15, 0.2) is 0 Å². The number of nitrogens with one attached hydrogen (secondary N) is 1. The van der Waals surface area contributed by atoms with E-state index in [9.17, 15) is 21.6 Å². The van der Waals surface area contributed by atoms with Crippen LogP contribution in [0.1, 0.15) is 36.9 Å². The average Bonchev–Trinajstić information content (AvgIpc) is 3.40. The van der Waals surface area contributed by atoms with Gasteiger partial charge in [-0.25, -0.2) is 17.7 Å². The number of piperidine rings is 1. The molecule has 1 saturated heterocycles. The maximum Gasteiger partial charge on any atom is 0.433 e. The number of hydrogen-bond acceptors (Lipinski definition) is 5. The van der Waals surface area contributed by atoms with E-state index < -0.39 is 21.9 Å². The minimum atomic E-state index is -4.59. The Hall–Kier alpha value is -1.86. The first-order valence-corrected chi connectivity index (χ1v) is 9.46. The van der Waals surface area contributed by atoms with Crippen LogP contribution in [-0.4, -0.2) is 42.1 Å². The second-order valence-electron chi connectivity index (χ2n) is 6.26. The predicted molar refractivity (Wildman–Crippen MR) is 84.1 cm³/mol. The fourth-order valence-corrected chi connectivity index (χ4v) is 4.72. The van der Waals surface area contributed by atoms with Crippen LogP contribution in [0.2, 0.25) is 0 Å². The van der Waals surface area contributed by atoms with E-state index in [1.165, 1.54) is 4.31 Å². The molecule has 0 radical (unpaired) electrons. The molecule has 0 amide bonds. The lowest BCUT2D eigenvalue weighted by Crippen LogP contribution is -2.43. The SMILES string of the molecule is N#Cc1ccc(C(F)(F)F)nc1NC1CCN(S(=O)(=O)C2CC2)CC1. The Balaban J connectivity index is 1.68. The maximum atomic E-state index is 12.8. The van der Waals surface area contributed by atoms with Gasteiger partial charge in [0.1, 0.15) is 17.6 Å². The van der Waals surface area contributed by atoms with Gasteiger partial charge in [-0.05, 0) is 37.8 Å². The van der Waals surface area contributed by atoms with Crippen molar-refractivity contribution in [3.05, 3.63) is 23.4 Å². The zero-order valence-corrected chi connectivity index (χ0v) is 14.1. The van der Waals surface area contributed by atoms with Gasteiger partial charge in [-0.15, -0.1) is 0 Å². The monoisotopic (exact) mass is 374 g/mol. The summed E-state index contributed by atoms with van der Waals surface area (Å²) in [5.74, 6) is -0.110. The van der Waals surface area contributed by atoms with E-state index in [4.69, 9.17) is 5.26 Å². The number of rotatable bonds is 4. The van der Waals surface area contributed by atoms with Crippen molar-refractivity contribution in [3.63, 3.8) is 0 Å². The maximum absolute atomic E-state index is 12.8. The Labute approximate surface area is 143 Å². The van der Waals surface area contributed by atoms with Crippen LogP contribution in [0.5, 0.6) is 0 Å². The van der Waals surface area contributed by atoms with E-state index >= 15 is 0 Å². The summed E-state index contributed by atoms with van der Waals surface area (Å²) in [5, 5.41) is 11.7. The number of nitrogens with zero attached hydrogens (tertiary/aromatic N) is 3. The summed E-state index contributed by atoms with van der Waals surface area (Å²) in [5.41, 5.74) is -1.04. The van der Waals surface area contributed by atoms with Gasteiger partial charge in [0.05, 0.1) is 10.8 Å². The minimum Gasteiger partial charge on any atom is -0.366 e. The van der Waals surface area contributed by atoms with E-state index in [0.717, 1.165) is 12.1 Å². The fraction of sp³-hybridized carbons (Fsp3) is 0.600. The Kier molecular flexibility index (Phi) is 4.64. The highest BCUT2D eigenvalue weighted by atomic mass is 32.2. The lowest BCUT2D eigenvalue weighted by Gasteiger charge is -2.32. The topological polar surface area (TPSA) is 86.1 Å². The fourth-order valence-electron chi connectivity index (χ4n) is 2.84. The van der Waals surface area contributed by atoms with Crippen LogP contribution in [0.4, 0.5) is 19.0 Å². The molecule has 6 nitrogen and oxygen atoms in total. The average molecular weight is 374 g/mol. The molecule has 0 unspecified atom stereocenters. The van der Waals surface area contributed by atoms with Crippen molar-refractivity contribution in [2.24, 2.45) is 0 Å². The lowest BCUT2D eigenvalue weighted by atomic mass is 10.1. The largest absolute Gasteiger partial charge is 0.433 e. The molecule has 0 bridgehead atoms. The number of aromatic nitrogens is 1. The second-order valence-corrected chi connectivity index (χ2v) is 8.48. The smallest absolute Gasteiger partial charge is 0.366 e. The Morgan fingerprint density at radius 1 is 1.20 bits per heavy atom. The van der Waals surface area contributed by atoms with Gasteiger partial charge in [-0.2, -0.15) is 18.4 Å². The van der Waals surface area contributed by atoms with Gasteiger partial charge >= 0.3 is 6.18 Å². The molecule has 0 aromatic carbocycles. The number of nitriles is 1. The summed E-state index contributed by atoms with van der Waals surface area (Å²) in [6.45, 7) is 0.634. The third-order valence-corrected chi connectivity index (χ3v) is 6.81. The molecule has 2 heterocycles. The quantitative estimate of drug-likeness (QED) is 0.874. The van der Waals surface area contributed by atoms with Crippen molar-refractivity contribution in [1.29, 1.82) is 5.26 Å². The molecule has 1 aromatic heterocycles. The summed E-state index contributed by atoms with van der Waals surface area (Å²) in [4.78, 5) is 3.52. The zero-order valence-electron chi connectivity index (χ0n) is 13.3. The molecule has 3 rings (SSSR count). The number of sulfonamides is 1. The van der Waals surface area contributed by atoms with Crippen LogP contribution in [0.25, 0.3) is 0 Å². The van der Waals surface area contributed by atoms with Crippen molar-refractivity contribution in [2.45, 2.75) is 43.2 Å². The normalized spacial score (nSPS) is 20.2. The molecule has 1 N–H and O–H groups in total. The van der Waals surface area contributed by atoms with Crippen LogP contribution >= 0.6 is 0 Å². The summed E-state index contributed by atoms with van der Waals surface area (Å²) >= 11 is 0. The molecular weight excluding hydrogens is 357 g/mol. The third-order valence-electron chi connectivity index (χ3n) is 4.41. The van der Waals surface area contributed by atoms with Crippen LogP contribution in [0, 0.1) is 11.3 Å². The number of halogens is 3. The van der Waals surface area contributed by atoms with E-state index in [0.29, 0.717) is 38.8 Å². The standard InChI is InChI=1S/C15H17F3N4O2S/c16-15(17,18)13-4-1-10(9-19)14(21-13)20-11-5-7-22(8-6-11)25(23,24)12-2-3-12/h1,4,11-12H,2-3,5-8H2,(H,20,21). The van der Waals surface area contributed by atoms with E-state index in [1.807, 2.05) is 6.07 Å². The lowest BCUT2D eigenvalue weighted by molar-refractivity contribution is -0.141. The highest BCUT2D eigenvalue weighted by molar-refractivity contribution is 7.90. The zero-order chi connectivity index (χ0) is 18.2. The molecule has 10 heteroatoms. The first-order chi connectivity index (χ1) is 11.7. The van der Waals surface area contributed by atoms with Crippen molar-refractivity contribution in [2.75, 3.05) is 18.4 Å². The van der Waals surface area contributed by atoms with Crippen LogP contribution < -0.4 is 5.32 Å². The first kappa shape index (κ1) is 17.9. The molecule has 1 aliphatic heterocycles. The minimum absolute atomic E-state index is 0.0287. The van der Waals surface area contributed by atoms with Gasteiger partial charge in [0, 0.05) is 19.1 Å². The summed E-state index contributed by atoms with van der Waals surface area (Å²) in [6, 6.07) is 3.45. The molecule has 1 saturated carbocycles. The Morgan fingerprint density at radius 2 is 1.84 bits per heavy atom. The number of alkyl halides is 3. The van der Waals surface area contributed by atoms with Crippen LogP contribution in [0.15, 0.2) is 12.1 Å². The van der Waals surface area contributed by atoms with Gasteiger partial charge in [-0.1, -0.05) is 0 Å². The van der Waals surface area contributed by atoms with Crippen LogP contribution in [-0.2, 0) is 16.2 Å². The third kappa shape index (κ3) is 3.88. The summed E-state index contributed by atoms with van der Waals surface area (Å²) in [7, 11) is -3.24. The van der Waals surface area contributed by atoms with Gasteiger partial charge in [0.25, 0.3) is 0 Å².